The first-order valence-electron chi connectivity index (χ1n) is 9.81. The van der Waals surface area contributed by atoms with E-state index in [1.807, 2.05) is 27.7 Å². The van der Waals surface area contributed by atoms with Gasteiger partial charge >= 0.3 is 6.18 Å². The van der Waals surface area contributed by atoms with Crippen molar-refractivity contribution in [1.29, 1.82) is 0 Å². The monoisotopic (exact) mass is 449 g/mol. The number of aromatic nitrogens is 3. The second-order valence-electron chi connectivity index (χ2n) is 5.83. The second kappa shape index (κ2) is 9.99. The number of pyridine rings is 1. The van der Waals surface area contributed by atoms with E-state index in [1.54, 1.807) is 12.1 Å². The first kappa shape index (κ1) is 24.4. The quantitative estimate of drug-likeness (QED) is 0.391. The van der Waals surface area contributed by atoms with E-state index in [4.69, 9.17) is 4.42 Å². The molecular weight excluding hydrogens is 427 g/mol. The van der Waals surface area contributed by atoms with Gasteiger partial charge < -0.3 is 14.6 Å². The first-order chi connectivity index (χ1) is 15.3. The fourth-order valence-corrected chi connectivity index (χ4v) is 2.78. The predicted octanol–water partition coefficient (Wildman–Crippen LogP) is 5.52. The summed E-state index contributed by atoms with van der Waals surface area (Å²) in [6.45, 7) is 8.00. The third-order valence-electron chi connectivity index (χ3n) is 4.05. The molecule has 2 N–H and O–H groups in total. The van der Waals surface area contributed by atoms with Gasteiger partial charge in [0.2, 0.25) is 16.9 Å². The minimum absolute atomic E-state index is 0.126. The van der Waals surface area contributed by atoms with Crippen LogP contribution in [0.1, 0.15) is 33.5 Å². The Morgan fingerprint density at radius 1 is 1.03 bits per heavy atom. The van der Waals surface area contributed by atoms with Gasteiger partial charge in [-0.1, -0.05) is 27.7 Å². The normalized spacial score (nSPS) is 10.7. The Balaban J connectivity index is 0.000000860. The summed E-state index contributed by atoms with van der Waals surface area (Å²) in [4.78, 5) is 16.7. The van der Waals surface area contributed by atoms with Crippen molar-refractivity contribution in [3.63, 3.8) is 0 Å². The van der Waals surface area contributed by atoms with Crippen LogP contribution in [-0.4, -0.2) is 25.0 Å². The Morgan fingerprint density at radius 2 is 1.72 bits per heavy atom. The van der Waals surface area contributed by atoms with Crippen molar-refractivity contribution in [2.24, 2.45) is 0 Å². The molecule has 3 aromatic heterocycles. The van der Waals surface area contributed by atoms with Gasteiger partial charge in [0, 0.05) is 18.0 Å². The molecule has 4 aromatic rings. The number of phenolic OH excluding ortho intramolecular Hbond substituents is 2. The molecule has 170 valence electrons. The van der Waals surface area contributed by atoms with E-state index >= 15 is 0 Å². The molecular formula is C22H22F3N3O4. The first-order valence-corrected chi connectivity index (χ1v) is 9.81. The number of halogens is 3. The van der Waals surface area contributed by atoms with Gasteiger partial charge in [0.05, 0.1) is 29.0 Å². The number of rotatable bonds is 2. The summed E-state index contributed by atoms with van der Waals surface area (Å²) >= 11 is 0. The molecule has 7 nitrogen and oxygen atoms in total. The molecule has 0 bridgehead atoms. The summed E-state index contributed by atoms with van der Waals surface area (Å²) in [5.74, 6) is -3.25. The number of hydrogen-bond acceptors (Lipinski definition) is 6. The van der Waals surface area contributed by atoms with E-state index in [-0.39, 0.29) is 10.9 Å². The van der Waals surface area contributed by atoms with Gasteiger partial charge in [-0.3, -0.25) is 9.78 Å². The summed E-state index contributed by atoms with van der Waals surface area (Å²) in [6, 6.07) is 5.33. The van der Waals surface area contributed by atoms with E-state index in [0.717, 1.165) is 18.3 Å². The van der Waals surface area contributed by atoms with Crippen molar-refractivity contribution in [2.75, 3.05) is 0 Å². The van der Waals surface area contributed by atoms with E-state index in [2.05, 4.69) is 10.1 Å². The van der Waals surface area contributed by atoms with Gasteiger partial charge in [-0.2, -0.15) is 18.3 Å². The molecule has 0 aliphatic rings. The van der Waals surface area contributed by atoms with Gasteiger partial charge in [0.15, 0.2) is 11.3 Å². The van der Waals surface area contributed by atoms with Crippen molar-refractivity contribution in [3.05, 3.63) is 65.0 Å². The van der Waals surface area contributed by atoms with Gasteiger partial charge in [-0.15, -0.1) is 0 Å². The fraction of sp³-hybridized carbons (Fsp3) is 0.227. The summed E-state index contributed by atoms with van der Waals surface area (Å²) in [7, 11) is 0. The Labute approximate surface area is 181 Å². The third kappa shape index (κ3) is 4.58. The molecule has 3 heterocycles. The van der Waals surface area contributed by atoms with Crippen molar-refractivity contribution in [3.8, 4) is 28.3 Å². The topological polar surface area (TPSA) is 101 Å². The van der Waals surface area contributed by atoms with Crippen LogP contribution in [0.25, 0.3) is 27.8 Å². The molecule has 0 aliphatic carbocycles. The number of alkyl halides is 3. The highest BCUT2D eigenvalue weighted by atomic mass is 19.4. The number of nitrogens with zero attached hydrogens (tertiary/aromatic N) is 3. The molecule has 0 radical (unpaired) electrons. The zero-order valence-electron chi connectivity index (χ0n) is 17.8. The molecule has 0 saturated carbocycles. The van der Waals surface area contributed by atoms with Crippen molar-refractivity contribution < 1.29 is 27.8 Å². The average Bonchev–Trinajstić information content (AvgIpc) is 3.29. The van der Waals surface area contributed by atoms with Crippen LogP contribution < -0.4 is 5.43 Å². The van der Waals surface area contributed by atoms with Gasteiger partial charge in [0.25, 0.3) is 0 Å². The molecule has 0 spiro atoms. The number of fused-ring (bicyclic) bond motifs is 1. The summed E-state index contributed by atoms with van der Waals surface area (Å²) in [5.41, 5.74) is -2.16. The number of hydrogen-bond donors (Lipinski definition) is 2. The maximum atomic E-state index is 13.6. The van der Waals surface area contributed by atoms with Crippen molar-refractivity contribution in [1.82, 2.24) is 14.8 Å². The minimum Gasteiger partial charge on any atom is -0.504 e. The highest BCUT2D eigenvalue weighted by Gasteiger charge is 2.40. The zero-order chi connectivity index (χ0) is 24.1. The SMILES string of the molecule is CC.CC.O=c1c(-c2cnn(-c3cccnc3)c2)c(C(F)(F)F)oc2c(O)c(O)ccc12. The Bertz CT molecular complexity index is 1250. The van der Waals surface area contributed by atoms with Crippen LogP contribution in [0.2, 0.25) is 0 Å². The fourth-order valence-electron chi connectivity index (χ4n) is 2.78. The number of benzene rings is 1. The molecule has 0 aliphatic heterocycles. The maximum Gasteiger partial charge on any atom is 0.450 e. The average molecular weight is 449 g/mol. The largest absolute Gasteiger partial charge is 0.504 e. The summed E-state index contributed by atoms with van der Waals surface area (Å²) < 4.78 is 46.9. The lowest BCUT2D eigenvalue weighted by Gasteiger charge is -2.12. The van der Waals surface area contributed by atoms with E-state index in [0.29, 0.717) is 5.69 Å². The lowest BCUT2D eigenvalue weighted by Crippen LogP contribution is -2.15. The molecule has 0 atom stereocenters. The van der Waals surface area contributed by atoms with E-state index in [1.165, 1.54) is 23.3 Å². The number of aromatic hydroxyl groups is 2. The van der Waals surface area contributed by atoms with Crippen LogP contribution in [-0.2, 0) is 6.18 Å². The van der Waals surface area contributed by atoms with Crippen LogP contribution in [0.3, 0.4) is 0 Å². The second-order valence-corrected chi connectivity index (χ2v) is 5.83. The minimum atomic E-state index is -5.03. The van der Waals surface area contributed by atoms with Crippen molar-refractivity contribution in [2.45, 2.75) is 33.9 Å². The molecule has 1 aromatic carbocycles. The highest BCUT2D eigenvalue weighted by Crippen LogP contribution is 2.40. The summed E-state index contributed by atoms with van der Waals surface area (Å²) in [6.07, 6.45) is 0.281. The third-order valence-corrected chi connectivity index (χ3v) is 4.05. The lowest BCUT2D eigenvalue weighted by atomic mass is 10.0. The molecule has 0 saturated heterocycles. The Hall–Kier alpha value is -3.82. The molecule has 0 amide bonds. The van der Waals surface area contributed by atoms with E-state index < -0.39 is 40.0 Å². The standard InChI is InChI=1S/C18H10F3N3O4.2C2H6/c19-18(20,21)17-13(9-6-23-24(8-9)10-2-1-5-22-7-10)14(26)11-3-4-12(25)15(27)16(11)28-17;2*1-2/h1-8,25,27H;2*1-2H3. The van der Waals surface area contributed by atoms with Crippen LogP contribution >= 0.6 is 0 Å². The van der Waals surface area contributed by atoms with E-state index in [9.17, 15) is 28.2 Å². The van der Waals surface area contributed by atoms with Gasteiger partial charge in [-0.05, 0) is 24.3 Å². The Kier molecular flexibility index (Phi) is 7.63. The smallest absolute Gasteiger partial charge is 0.450 e. The zero-order valence-corrected chi connectivity index (χ0v) is 17.8. The maximum absolute atomic E-state index is 13.6. The van der Waals surface area contributed by atoms with Gasteiger partial charge in [0.1, 0.15) is 0 Å². The van der Waals surface area contributed by atoms with Crippen LogP contribution in [0.4, 0.5) is 13.2 Å². The lowest BCUT2D eigenvalue weighted by molar-refractivity contribution is -0.152. The molecule has 32 heavy (non-hydrogen) atoms. The molecule has 0 fully saturated rings. The number of phenols is 2. The molecule has 10 heteroatoms. The van der Waals surface area contributed by atoms with Crippen LogP contribution in [0.15, 0.2) is 58.3 Å². The van der Waals surface area contributed by atoms with Gasteiger partial charge in [-0.25, -0.2) is 4.68 Å². The highest BCUT2D eigenvalue weighted by molar-refractivity contribution is 5.88. The van der Waals surface area contributed by atoms with Crippen molar-refractivity contribution >= 4 is 11.0 Å². The van der Waals surface area contributed by atoms with Crippen LogP contribution in [0, 0.1) is 0 Å². The predicted molar refractivity (Wildman–Crippen MR) is 114 cm³/mol. The molecule has 0 unspecified atom stereocenters. The summed E-state index contributed by atoms with van der Waals surface area (Å²) in [5, 5.41) is 23.0. The van der Waals surface area contributed by atoms with Crippen LogP contribution in [0.5, 0.6) is 11.5 Å². The Morgan fingerprint density at radius 3 is 2.31 bits per heavy atom. The molecule has 4 rings (SSSR count).